The van der Waals surface area contributed by atoms with Crippen molar-refractivity contribution in [1.82, 2.24) is 4.90 Å². The highest BCUT2D eigenvalue weighted by Gasteiger charge is 2.45. The minimum Gasteiger partial charge on any atom is -0.480 e. The van der Waals surface area contributed by atoms with E-state index >= 15 is 0 Å². The fourth-order valence-corrected chi connectivity index (χ4v) is 2.87. The zero-order valence-corrected chi connectivity index (χ0v) is 11.3. The predicted molar refractivity (Wildman–Crippen MR) is 73.1 cm³/mol. The molecule has 4 heteroatoms. The Bertz CT molecular complexity index is 415. The lowest BCUT2D eigenvalue weighted by Crippen LogP contribution is -2.55. The monoisotopic (exact) mass is 263 g/mol. The third-order valence-electron chi connectivity index (χ3n) is 3.77. The highest BCUT2D eigenvalue weighted by Crippen LogP contribution is 2.34. The van der Waals surface area contributed by atoms with Crippen LogP contribution >= 0.6 is 0 Å². The molecular weight excluding hydrogens is 242 g/mol. The van der Waals surface area contributed by atoms with E-state index in [2.05, 4.69) is 4.90 Å². The maximum absolute atomic E-state index is 12.0. The number of aliphatic carboxylic acids is 1. The van der Waals surface area contributed by atoms with Crippen molar-refractivity contribution in [3.05, 3.63) is 35.9 Å². The maximum atomic E-state index is 12.0. The molecule has 0 aromatic heterocycles. The first kappa shape index (κ1) is 14.0. The fourth-order valence-electron chi connectivity index (χ4n) is 2.87. The highest BCUT2D eigenvalue weighted by atomic mass is 16.5. The number of carboxylic acid groups (broad SMARTS) is 1. The lowest BCUT2D eigenvalue weighted by molar-refractivity contribution is -0.157. The van der Waals surface area contributed by atoms with Gasteiger partial charge in [-0.2, -0.15) is 0 Å². The number of rotatable bonds is 5. The van der Waals surface area contributed by atoms with Crippen LogP contribution in [0.1, 0.15) is 25.3 Å². The van der Waals surface area contributed by atoms with E-state index in [-0.39, 0.29) is 0 Å². The van der Waals surface area contributed by atoms with Gasteiger partial charge in [0.1, 0.15) is 5.54 Å². The third kappa shape index (κ3) is 2.65. The van der Waals surface area contributed by atoms with Gasteiger partial charge in [-0.25, -0.2) is 4.79 Å². The summed E-state index contributed by atoms with van der Waals surface area (Å²) in [4.78, 5) is 14.1. The summed E-state index contributed by atoms with van der Waals surface area (Å²) in [5, 5.41) is 9.88. The SMILES string of the molecule is CCCC(C(=O)O)(c1ccccc1)N1CCOCC1. The number of benzene rings is 1. The summed E-state index contributed by atoms with van der Waals surface area (Å²) in [6, 6.07) is 9.56. The van der Waals surface area contributed by atoms with Crippen LogP contribution in [-0.4, -0.2) is 42.3 Å². The molecule has 0 saturated carbocycles. The molecule has 1 aliphatic rings. The molecular formula is C15H21NO3. The normalized spacial score (nSPS) is 19.8. The summed E-state index contributed by atoms with van der Waals surface area (Å²) in [6.45, 7) is 4.57. The van der Waals surface area contributed by atoms with Gasteiger partial charge in [0.25, 0.3) is 0 Å². The number of nitrogens with zero attached hydrogens (tertiary/aromatic N) is 1. The Kier molecular flexibility index (Phi) is 4.56. The van der Waals surface area contributed by atoms with Crippen molar-refractivity contribution in [2.45, 2.75) is 25.3 Å². The van der Waals surface area contributed by atoms with Crippen molar-refractivity contribution in [3.63, 3.8) is 0 Å². The molecule has 0 amide bonds. The highest BCUT2D eigenvalue weighted by molar-refractivity contribution is 5.80. The van der Waals surface area contributed by atoms with Gasteiger partial charge in [-0.3, -0.25) is 4.90 Å². The molecule has 0 aliphatic carbocycles. The van der Waals surface area contributed by atoms with Crippen LogP contribution in [-0.2, 0) is 15.1 Å². The second kappa shape index (κ2) is 6.17. The molecule has 1 atom stereocenters. The first-order valence-electron chi connectivity index (χ1n) is 6.83. The Morgan fingerprint density at radius 2 is 1.95 bits per heavy atom. The fraction of sp³-hybridized carbons (Fsp3) is 0.533. The first-order chi connectivity index (χ1) is 9.21. The summed E-state index contributed by atoms with van der Waals surface area (Å²) in [7, 11) is 0. The molecule has 1 saturated heterocycles. The van der Waals surface area contributed by atoms with E-state index in [0.717, 1.165) is 12.0 Å². The molecule has 2 rings (SSSR count). The van der Waals surface area contributed by atoms with Crippen molar-refractivity contribution in [2.75, 3.05) is 26.3 Å². The molecule has 0 bridgehead atoms. The van der Waals surface area contributed by atoms with Crippen LogP contribution in [0.25, 0.3) is 0 Å². The van der Waals surface area contributed by atoms with Crippen molar-refractivity contribution >= 4 is 5.97 Å². The molecule has 0 radical (unpaired) electrons. The summed E-state index contributed by atoms with van der Waals surface area (Å²) < 4.78 is 5.35. The lowest BCUT2D eigenvalue weighted by Gasteiger charge is -2.43. The Morgan fingerprint density at radius 3 is 2.47 bits per heavy atom. The molecule has 0 spiro atoms. The number of hydrogen-bond acceptors (Lipinski definition) is 3. The Morgan fingerprint density at radius 1 is 1.32 bits per heavy atom. The average molecular weight is 263 g/mol. The van der Waals surface area contributed by atoms with Gasteiger partial charge in [-0.05, 0) is 12.0 Å². The zero-order valence-electron chi connectivity index (χ0n) is 11.3. The van der Waals surface area contributed by atoms with E-state index in [1.54, 1.807) is 0 Å². The number of carboxylic acids is 1. The molecule has 1 fully saturated rings. The summed E-state index contributed by atoms with van der Waals surface area (Å²) in [5.74, 6) is -0.762. The second-order valence-electron chi connectivity index (χ2n) is 4.88. The number of hydrogen-bond donors (Lipinski definition) is 1. The average Bonchev–Trinajstić information content (AvgIpc) is 2.46. The summed E-state index contributed by atoms with van der Waals surface area (Å²) >= 11 is 0. The van der Waals surface area contributed by atoms with E-state index in [1.807, 2.05) is 37.3 Å². The lowest BCUT2D eigenvalue weighted by atomic mass is 9.83. The molecule has 1 aromatic rings. The first-order valence-corrected chi connectivity index (χ1v) is 6.83. The standard InChI is InChI=1S/C15H21NO3/c1-2-8-15(14(17)18,13-6-4-3-5-7-13)16-9-11-19-12-10-16/h3-7H,2,8-12H2,1H3,(H,17,18). The van der Waals surface area contributed by atoms with E-state index in [0.29, 0.717) is 32.7 Å². The van der Waals surface area contributed by atoms with Crippen molar-refractivity contribution < 1.29 is 14.6 Å². The largest absolute Gasteiger partial charge is 0.480 e. The van der Waals surface area contributed by atoms with E-state index in [4.69, 9.17) is 4.74 Å². The van der Waals surface area contributed by atoms with Crippen LogP contribution in [0.15, 0.2) is 30.3 Å². The Hall–Kier alpha value is -1.39. The minimum atomic E-state index is -0.917. The van der Waals surface area contributed by atoms with Crippen LogP contribution in [0.5, 0.6) is 0 Å². The Labute approximate surface area is 114 Å². The smallest absolute Gasteiger partial charge is 0.328 e. The molecule has 19 heavy (non-hydrogen) atoms. The van der Waals surface area contributed by atoms with Gasteiger partial charge in [0.15, 0.2) is 0 Å². The number of ether oxygens (including phenoxy) is 1. The predicted octanol–water partition coefficient (Wildman–Crippen LogP) is 2.10. The van der Waals surface area contributed by atoms with E-state index < -0.39 is 11.5 Å². The quantitative estimate of drug-likeness (QED) is 0.884. The molecule has 1 heterocycles. The van der Waals surface area contributed by atoms with Gasteiger partial charge < -0.3 is 9.84 Å². The van der Waals surface area contributed by atoms with Crippen molar-refractivity contribution in [3.8, 4) is 0 Å². The van der Waals surface area contributed by atoms with Crippen molar-refractivity contribution in [2.24, 2.45) is 0 Å². The van der Waals surface area contributed by atoms with Crippen LogP contribution in [0.3, 0.4) is 0 Å². The van der Waals surface area contributed by atoms with Gasteiger partial charge in [-0.15, -0.1) is 0 Å². The van der Waals surface area contributed by atoms with Crippen LogP contribution in [0.2, 0.25) is 0 Å². The molecule has 1 N–H and O–H groups in total. The molecule has 1 aromatic carbocycles. The summed E-state index contributed by atoms with van der Waals surface area (Å²) in [5.41, 5.74) is -0.0500. The van der Waals surface area contributed by atoms with Crippen LogP contribution in [0.4, 0.5) is 0 Å². The molecule has 1 aliphatic heterocycles. The van der Waals surface area contributed by atoms with Crippen molar-refractivity contribution in [1.29, 1.82) is 0 Å². The number of carbonyl (C=O) groups is 1. The third-order valence-corrected chi connectivity index (χ3v) is 3.77. The van der Waals surface area contributed by atoms with Gasteiger partial charge in [0.2, 0.25) is 0 Å². The molecule has 104 valence electrons. The molecule has 4 nitrogen and oxygen atoms in total. The number of morpholine rings is 1. The molecule has 1 unspecified atom stereocenters. The van der Waals surface area contributed by atoms with E-state index in [9.17, 15) is 9.90 Å². The van der Waals surface area contributed by atoms with Crippen LogP contribution < -0.4 is 0 Å². The Balaban J connectivity index is 2.43. The minimum absolute atomic E-state index is 0.603. The second-order valence-corrected chi connectivity index (χ2v) is 4.88. The zero-order chi connectivity index (χ0) is 13.7. The van der Waals surface area contributed by atoms with Gasteiger partial charge in [0, 0.05) is 13.1 Å². The maximum Gasteiger partial charge on any atom is 0.328 e. The van der Waals surface area contributed by atoms with Gasteiger partial charge in [0.05, 0.1) is 13.2 Å². The van der Waals surface area contributed by atoms with E-state index in [1.165, 1.54) is 0 Å². The van der Waals surface area contributed by atoms with Crippen LogP contribution in [0, 0.1) is 0 Å². The topological polar surface area (TPSA) is 49.8 Å². The summed E-state index contributed by atoms with van der Waals surface area (Å²) in [6.07, 6.45) is 1.45. The van der Waals surface area contributed by atoms with Gasteiger partial charge in [-0.1, -0.05) is 43.7 Å². The van der Waals surface area contributed by atoms with Gasteiger partial charge >= 0.3 is 5.97 Å².